The van der Waals surface area contributed by atoms with E-state index in [-0.39, 0.29) is 0 Å². The van der Waals surface area contributed by atoms with Crippen LogP contribution in [-0.4, -0.2) is 43.6 Å². The zero-order valence-electron chi connectivity index (χ0n) is 12.9. The lowest BCUT2D eigenvalue weighted by Gasteiger charge is -2.24. The third-order valence-corrected chi connectivity index (χ3v) is 4.48. The van der Waals surface area contributed by atoms with E-state index in [1.54, 1.807) is 0 Å². The van der Waals surface area contributed by atoms with Gasteiger partial charge in [0.2, 0.25) is 0 Å². The number of aliphatic imine (C=N–C) groups is 1. The van der Waals surface area contributed by atoms with Crippen molar-refractivity contribution in [2.75, 3.05) is 26.7 Å². The van der Waals surface area contributed by atoms with E-state index in [4.69, 9.17) is 0 Å². The van der Waals surface area contributed by atoms with Crippen molar-refractivity contribution in [2.24, 2.45) is 4.99 Å². The minimum Gasteiger partial charge on any atom is -0.355 e. The van der Waals surface area contributed by atoms with Crippen molar-refractivity contribution in [2.45, 2.75) is 32.4 Å². The number of halogens is 1. The lowest BCUT2D eigenvalue weighted by Crippen LogP contribution is -2.44. The summed E-state index contributed by atoms with van der Waals surface area (Å²) in [7, 11) is 1.82. The minimum atomic E-state index is 0.638. The molecule has 0 bridgehead atoms. The Bertz CT molecular complexity index is 475. The molecule has 1 unspecified atom stereocenters. The zero-order chi connectivity index (χ0) is 15.1. The fourth-order valence-electron chi connectivity index (χ4n) is 2.81. The summed E-state index contributed by atoms with van der Waals surface area (Å²) in [5, 5.41) is 6.82. The monoisotopic (exact) mass is 352 g/mol. The Hall–Kier alpha value is -1.07. The van der Waals surface area contributed by atoms with Crippen LogP contribution in [0.15, 0.2) is 33.7 Å². The highest BCUT2D eigenvalue weighted by Gasteiger charge is 2.22. The highest BCUT2D eigenvalue weighted by molar-refractivity contribution is 9.10. The van der Waals surface area contributed by atoms with Crippen LogP contribution in [0.3, 0.4) is 0 Å². The van der Waals surface area contributed by atoms with E-state index < -0.39 is 0 Å². The van der Waals surface area contributed by atoms with Crippen LogP contribution < -0.4 is 10.6 Å². The van der Waals surface area contributed by atoms with Gasteiger partial charge in [-0.2, -0.15) is 0 Å². The third-order valence-electron chi connectivity index (χ3n) is 3.98. The standard InChI is InChI=1S/C16H25BrN4/c1-3-21-9-5-8-15(21)12-20-16(18-2)19-11-13-6-4-7-14(17)10-13/h4,6-7,10,15H,3,5,8-9,11-12H2,1-2H3,(H2,18,19,20). The summed E-state index contributed by atoms with van der Waals surface area (Å²) in [5.74, 6) is 0.873. The highest BCUT2D eigenvalue weighted by Crippen LogP contribution is 2.15. The molecule has 1 fully saturated rings. The van der Waals surface area contributed by atoms with Crippen LogP contribution in [0, 0.1) is 0 Å². The summed E-state index contributed by atoms with van der Waals surface area (Å²) in [6.45, 7) is 6.34. The molecule has 1 saturated heterocycles. The highest BCUT2D eigenvalue weighted by atomic mass is 79.9. The first-order valence-corrected chi connectivity index (χ1v) is 8.45. The summed E-state index contributed by atoms with van der Waals surface area (Å²) in [4.78, 5) is 6.84. The van der Waals surface area contributed by atoms with Gasteiger partial charge in [0.05, 0.1) is 0 Å². The van der Waals surface area contributed by atoms with Crippen LogP contribution >= 0.6 is 15.9 Å². The van der Waals surface area contributed by atoms with Gasteiger partial charge in [0.15, 0.2) is 5.96 Å². The quantitative estimate of drug-likeness (QED) is 0.632. The van der Waals surface area contributed by atoms with E-state index in [0.717, 1.165) is 30.1 Å². The molecule has 4 nitrogen and oxygen atoms in total. The van der Waals surface area contributed by atoms with Gasteiger partial charge in [-0.15, -0.1) is 0 Å². The van der Waals surface area contributed by atoms with Gasteiger partial charge in [-0.05, 0) is 43.6 Å². The Morgan fingerprint density at radius 1 is 1.43 bits per heavy atom. The van der Waals surface area contributed by atoms with Gasteiger partial charge in [0, 0.05) is 30.7 Å². The summed E-state index contributed by atoms with van der Waals surface area (Å²) >= 11 is 3.50. The number of nitrogens with zero attached hydrogens (tertiary/aromatic N) is 2. The van der Waals surface area contributed by atoms with Gasteiger partial charge in [-0.3, -0.25) is 9.89 Å². The fourth-order valence-corrected chi connectivity index (χ4v) is 3.26. The molecule has 1 aliphatic heterocycles. The molecule has 21 heavy (non-hydrogen) atoms. The molecule has 1 aromatic carbocycles. The second kappa shape index (κ2) is 8.39. The number of benzene rings is 1. The maximum Gasteiger partial charge on any atom is 0.191 e. The van der Waals surface area contributed by atoms with Crippen LogP contribution in [-0.2, 0) is 6.54 Å². The second-order valence-corrected chi connectivity index (χ2v) is 6.28. The molecule has 2 N–H and O–H groups in total. The number of hydrogen-bond donors (Lipinski definition) is 2. The fraction of sp³-hybridized carbons (Fsp3) is 0.562. The zero-order valence-corrected chi connectivity index (χ0v) is 14.5. The number of rotatable bonds is 5. The van der Waals surface area contributed by atoms with Gasteiger partial charge in [0.1, 0.15) is 0 Å². The third kappa shape index (κ3) is 5.00. The Labute approximate surface area is 136 Å². The lowest BCUT2D eigenvalue weighted by molar-refractivity contribution is 0.267. The molecule has 1 aromatic rings. The smallest absolute Gasteiger partial charge is 0.191 e. The van der Waals surface area contributed by atoms with Crippen molar-refractivity contribution in [1.82, 2.24) is 15.5 Å². The minimum absolute atomic E-state index is 0.638. The second-order valence-electron chi connectivity index (χ2n) is 5.36. The van der Waals surface area contributed by atoms with Gasteiger partial charge in [-0.25, -0.2) is 0 Å². The number of hydrogen-bond acceptors (Lipinski definition) is 2. The molecule has 1 atom stereocenters. The van der Waals surface area contributed by atoms with Gasteiger partial charge < -0.3 is 10.6 Å². The molecule has 0 aliphatic carbocycles. The molecule has 0 amide bonds. The Morgan fingerprint density at radius 3 is 3.00 bits per heavy atom. The molecule has 2 rings (SSSR count). The van der Waals surface area contributed by atoms with E-state index in [2.05, 4.69) is 61.6 Å². The topological polar surface area (TPSA) is 39.7 Å². The van der Waals surface area contributed by atoms with Gasteiger partial charge in [-0.1, -0.05) is 35.0 Å². The lowest BCUT2D eigenvalue weighted by atomic mass is 10.2. The van der Waals surface area contributed by atoms with E-state index in [9.17, 15) is 0 Å². The number of guanidine groups is 1. The maximum atomic E-state index is 4.30. The first-order chi connectivity index (χ1) is 10.2. The van der Waals surface area contributed by atoms with Crippen molar-refractivity contribution in [3.63, 3.8) is 0 Å². The average molecular weight is 353 g/mol. The molecular weight excluding hydrogens is 328 g/mol. The SMILES string of the molecule is CCN1CCCC1CNC(=NC)NCc1cccc(Br)c1. The number of likely N-dealkylation sites (tertiary alicyclic amines) is 1. The first kappa shape index (κ1) is 16.3. The molecule has 0 radical (unpaired) electrons. The predicted molar refractivity (Wildman–Crippen MR) is 92.6 cm³/mol. The van der Waals surface area contributed by atoms with Crippen molar-refractivity contribution in [1.29, 1.82) is 0 Å². The Balaban J connectivity index is 1.78. The summed E-state index contributed by atoms with van der Waals surface area (Å²) in [6, 6.07) is 8.96. The molecule has 0 spiro atoms. The van der Waals surface area contributed by atoms with Gasteiger partial charge in [0.25, 0.3) is 0 Å². The molecule has 5 heteroatoms. The molecule has 0 saturated carbocycles. The maximum absolute atomic E-state index is 4.30. The molecule has 1 aliphatic rings. The molecular formula is C16H25BrN4. The summed E-state index contributed by atoms with van der Waals surface area (Å²) in [5.41, 5.74) is 1.24. The average Bonchev–Trinajstić information content (AvgIpc) is 2.95. The molecule has 116 valence electrons. The van der Waals surface area contributed by atoms with Crippen molar-refractivity contribution in [3.8, 4) is 0 Å². The van der Waals surface area contributed by atoms with Crippen molar-refractivity contribution >= 4 is 21.9 Å². The normalized spacial score (nSPS) is 19.8. The van der Waals surface area contributed by atoms with Crippen molar-refractivity contribution in [3.05, 3.63) is 34.3 Å². The number of likely N-dealkylation sites (N-methyl/N-ethyl adjacent to an activating group) is 1. The van der Waals surface area contributed by atoms with Crippen molar-refractivity contribution < 1.29 is 0 Å². The Morgan fingerprint density at radius 2 is 2.29 bits per heavy atom. The summed E-state index contributed by atoms with van der Waals surface area (Å²) in [6.07, 6.45) is 2.59. The molecule has 1 heterocycles. The van der Waals surface area contributed by atoms with E-state index in [1.807, 2.05) is 13.1 Å². The van der Waals surface area contributed by atoms with Gasteiger partial charge >= 0.3 is 0 Å². The number of nitrogens with one attached hydrogen (secondary N) is 2. The van der Waals surface area contributed by atoms with E-state index in [1.165, 1.54) is 24.9 Å². The molecule has 0 aromatic heterocycles. The van der Waals surface area contributed by atoms with Crippen LogP contribution in [0.25, 0.3) is 0 Å². The first-order valence-electron chi connectivity index (χ1n) is 7.66. The summed E-state index contributed by atoms with van der Waals surface area (Å²) < 4.78 is 1.11. The predicted octanol–water partition coefficient (Wildman–Crippen LogP) is 2.60. The van der Waals surface area contributed by atoms with Crippen LogP contribution in [0.5, 0.6) is 0 Å². The van der Waals surface area contributed by atoms with Crippen LogP contribution in [0.2, 0.25) is 0 Å². The Kier molecular flexibility index (Phi) is 6.51. The van der Waals surface area contributed by atoms with Crippen LogP contribution in [0.4, 0.5) is 0 Å². The largest absolute Gasteiger partial charge is 0.355 e. The van der Waals surface area contributed by atoms with E-state index >= 15 is 0 Å². The van der Waals surface area contributed by atoms with Crippen LogP contribution in [0.1, 0.15) is 25.3 Å². The van der Waals surface area contributed by atoms with E-state index in [0.29, 0.717) is 6.04 Å².